The van der Waals surface area contributed by atoms with E-state index in [0.717, 1.165) is 42.6 Å². The molecule has 5 rings (SSSR count). The van der Waals surface area contributed by atoms with E-state index in [1.165, 1.54) is 6.07 Å². The molecule has 1 spiro atoms. The Hall–Kier alpha value is -3.39. The number of likely N-dealkylation sites (tertiary alicyclic amines) is 1. The minimum absolute atomic E-state index is 0.125. The number of ether oxygens (including phenoxy) is 2. The van der Waals surface area contributed by atoms with Gasteiger partial charge in [-0.05, 0) is 74.1 Å². The highest BCUT2D eigenvalue weighted by Gasteiger charge is 2.41. The van der Waals surface area contributed by atoms with Gasteiger partial charge in [-0.2, -0.15) is 0 Å². The average Bonchev–Trinajstić information content (AvgIpc) is 2.89. The van der Waals surface area contributed by atoms with Crippen LogP contribution in [0.1, 0.15) is 56.7 Å². The Morgan fingerprint density at radius 3 is 2.30 bits per heavy atom. The Balaban J connectivity index is 1.24. The summed E-state index contributed by atoms with van der Waals surface area (Å²) in [6.07, 6.45) is 2.88. The van der Waals surface area contributed by atoms with Crippen molar-refractivity contribution in [2.75, 3.05) is 13.1 Å². The zero-order chi connectivity index (χ0) is 28.5. The molecule has 0 atom stereocenters. The molecule has 0 aromatic heterocycles. The van der Waals surface area contributed by atoms with Crippen LogP contribution in [0.4, 0.5) is 9.18 Å². The van der Waals surface area contributed by atoms with Crippen molar-refractivity contribution in [1.29, 1.82) is 0 Å². The number of halogens is 1. The smallest absolute Gasteiger partial charge is 0.410 e. The molecule has 0 N–H and O–H groups in total. The SMILES string of the molecule is CC(C)(C)OC(=O)N1CCC2(CCc3cc(-c4ccc(CS(=O)(=O)Cc5ccccc5)c(F)c4)ccc3O2)CC1. The highest BCUT2D eigenvalue weighted by Crippen LogP contribution is 2.41. The van der Waals surface area contributed by atoms with Crippen molar-refractivity contribution in [3.8, 4) is 16.9 Å². The van der Waals surface area contributed by atoms with Crippen LogP contribution in [0.2, 0.25) is 0 Å². The first-order valence-electron chi connectivity index (χ1n) is 13.7. The highest BCUT2D eigenvalue weighted by atomic mass is 32.2. The molecule has 2 aliphatic rings. The van der Waals surface area contributed by atoms with E-state index in [1.807, 2.05) is 45.0 Å². The monoisotopic (exact) mass is 565 g/mol. The van der Waals surface area contributed by atoms with E-state index in [0.29, 0.717) is 24.2 Å². The molecule has 2 heterocycles. The van der Waals surface area contributed by atoms with E-state index in [9.17, 15) is 13.2 Å². The standard InChI is InChI=1S/C32H36FNO5S/c1-31(2,3)39-30(35)34-17-15-32(16-18-34)14-13-26-19-24(11-12-29(26)38-32)25-9-10-27(28(33)20-25)22-40(36,37)21-23-7-5-4-6-8-23/h4-12,19-20H,13-18,21-22H2,1-3H3. The maximum atomic E-state index is 15.0. The molecule has 6 nitrogen and oxygen atoms in total. The lowest BCUT2D eigenvalue weighted by atomic mass is 9.82. The molecule has 212 valence electrons. The van der Waals surface area contributed by atoms with Crippen LogP contribution in [0.3, 0.4) is 0 Å². The number of benzene rings is 3. The number of fused-ring (bicyclic) bond motifs is 1. The number of aryl methyl sites for hydroxylation is 1. The van der Waals surface area contributed by atoms with Crippen LogP contribution < -0.4 is 4.74 Å². The summed E-state index contributed by atoms with van der Waals surface area (Å²) in [5, 5.41) is 0. The molecule has 0 saturated carbocycles. The van der Waals surface area contributed by atoms with Gasteiger partial charge in [0.05, 0.1) is 11.5 Å². The van der Waals surface area contributed by atoms with E-state index in [4.69, 9.17) is 9.47 Å². The minimum Gasteiger partial charge on any atom is -0.487 e. The lowest BCUT2D eigenvalue weighted by Gasteiger charge is -2.44. The summed E-state index contributed by atoms with van der Waals surface area (Å²) in [5.74, 6) is -0.177. The van der Waals surface area contributed by atoms with Gasteiger partial charge in [-0.15, -0.1) is 0 Å². The topological polar surface area (TPSA) is 72.9 Å². The van der Waals surface area contributed by atoms with Gasteiger partial charge in [0.1, 0.15) is 22.8 Å². The molecule has 2 aliphatic heterocycles. The van der Waals surface area contributed by atoms with E-state index in [1.54, 1.807) is 41.3 Å². The molecule has 40 heavy (non-hydrogen) atoms. The number of amides is 1. The van der Waals surface area contributed by atoms with Gasteiger partial charge in [-0.25, -0.2) is 17.6 Å². The number of sulfone groups is 1. The predicted octanol–water partition coefficient (Wildman–Crippen LogP) is 6.70. The molecule has 0 radical (unpaired) electrons. The third-order valence-electron chi connectivity index (χ3n) is 7.55. The van der Waals surface area contributed by atoms with E-state index in [-0.39, 0.29) is 28.8 Å². The van der Waals surface area contributed by atoms with Crippen LogP contribution in [0.15, 0.2) is 66.7 Å². The van der Waals surface area contributed by atoms with Gasteiger partial charge in [0, 0.05) is 31.5 Å². The third kappa shape index (κ3) is 6.66. The van der Waals surface area contributed by atoms with Crippen molar-refractivity contribution in [2.45, 2.75) is 69.2 Å². The molecule has 3 aromatic rings. The zero-order valence-electron chi connectivity index (χ0n) is 23.3. The molecular weight excluding hydrogens is 529 g/mol. The molecular formula is C32H36FNO5S. The van der Waals surface area contributed by atoms with E-state index < -0.39 is 21.3 Å². The number of hydrogen-bond donors (Lipinski definition) is 0. The molecule has 8 heteroatoms. The minimum atomic E-state index is -3.52. The van der Waals surface area contributed by atoms with E-state index >= 15 is 4.39 Å². The van der Waals surface area contributed by atoms with Gasteiger partial charge in [0.15, 0.2) is 9.84 Å². The Bertz CT molecular complexity index is 1490. The summed E-state index contributed by atoms with van der Waals surface area (Å²) in [7, 11) is -3.52. The Morgan fingerprint density at radius 2 is 1.62 bits per heavy atom. The van der Waals surface area contributed by atoms with Gasteiger partial charge in [0.25, 0.3) is 0 Å². The normalized spacial score (nSPS) is 16.8. The molecule has 0 bridgehead atoms. The summed E-state index contributed by atoms with van der Waals surface area (Å²) in [6, 6.07) is 19.5. The van der Waals surface area contributed by atoms with Crippen molar-refractivity contribution in [1.82, 2.24) is 4.90 Å². The number of carbonyl (C=O) groups is 1. The maximum Gasteiger partial charge on any atom is 0.410 e. The maximum absolute atomic E-state index is 15.0. The zero-order valence-corrected chi connectivity index (χ0v) is 24.1. The number of piperidine rings is 1. The lowest BCUT2D eigenvalue weighted by molar-refractivity contribution is -0.0272. The predicted molar refractivity (Wildman–Crippen MR) is 153 cm³/mol. The fraction of sp³-hybridized carbons (Fsp3) is 0.406. The van der Waals surface area contributed by atoms with Crippen LogP contribution in [0.5, 0.6) is 5.75 Å². The van der Waals surface area contributed by atoms with Gasteiger partial charge in [-0.3, -0.25) is 0 Å². The molecule has 0 unspecified atom stereocenters. The largest absolute Gasteiger partial charge is 0.487 e. The van der Waals surface area contributed by atoms with Crippen LogP contribution in [-0.2, 0) is 32.5 Å². The van der Waals surface area contributed by atoms with Gasteiger partial charge in [0.2, 0.25) is 0 Å². The summed E-state index contributed by atoms with van der Waals surface area (Å²) >= 11 is 0. The summed E-state index contributed by atoms with van der Waals surface area (Å²) in [6.45, 7) is 6.79. The van der Waals surface area contributed by atoms with Gasteiger partial charge in [-0.1, -0.05) is 48.5 Å². The molecule has 3 aromatic carbocycles. The van der Waals surface area contributed by atoms with Crippen LogP contribution >= 0.6 is 0 Å². The van der Waals surface area contributed by atoms with Crippen molar-refractivity contribution >= 4 is 15.9 Å². The molecule has 0 aliphatic carbocycles. The Labute approximate surface area is 236 Å². The summed E-state index contributed by atoms with van der Waals surface area (Å²) in [4.78, 5) is 14.2. The quantitative estimate of drug-likeness (QED) is 0.344. The number of hydrogen-bond acceptors (Lipinski definition) is 5. The summed E-state index contributed by atoms with van der Waals surface area (Å²) < 4.78 is 52.4. The first-order chi connectivity index (χ1) is 18.9. The molecule has 1 saturated heterocycles. The molecule has 1 amide bonds. The number of carbonyl (C=O) groups excluding carboxylic acids is 1. The van der Waals surface area contributed by atoms with Crippen molar-refractivity contribution in [3.63, 3.8) is 0 Å². The van der Waals surface area contributed by atoms with Gasteiger partial charge < -0.3 is 14.4 Å². The average molecular weight is 566 g/mol. The van der Waals surface area contributed by atoms with Crippen LogP contribution in [0.25, 0.3) is 11.1 Å². The molecule has 1 fully saturated rings. The second kappa shape index (κ2) is 10.9. The van der Waals surface area contributed by atoms with Crippen molar-refractivity contribution in [3.05, 3.63) is 89.2 Å². The Kier molecular flexibility index (Phi) is 7.66. The fourth-order valence-electron chi connectivity index (χ4n) is 5.44. The van der Waals surface area contributed by atoms with Crippen LogP contribution in [-0.4, -0.2) is 43.7 Å². The number of rotatable bonds is 5. The second-order valence-electron chi connectivity index (χ2n) is 11.9. The van der Waals surface area contributed by atoms with Crippen molar-refractivity contribution < 1.29 is 27.1 Å². The fourth-order valence-corrected chi connectivity index (χ4v) is 6.95. The first-order valence-corrected chi connectivity index (χ1v) is 15.6. The third-order valence-corrected chi connectivity index (χ3v) is 9.08. The Morgan fingerprint density at radius 1 is 0.950 bits per heavy atom. The first kappa shape index (κ1) is 28.1. The van der Waals surface area contributed by atoms with Gasteiger partial charge >= 0.3 is 6.09 Å². The second-order valence-corrected chi connectivity index (χ2v) is 14.0. The summed E-state index contributed by atoms with van der Waals surface area (Å²) in [5.41, 5.74) is 2.64. The van der Waals surface area contributed by atoms with Crippen LogP contribution in [0, 0.1) is 5.82 Å². The number of nitrogens with zero attached hydrogens (tertiary/aromatic N) is 1. The lowest BCUT2D eigenvalue weighted by Crippen LogP contribution is -2.52. The highest BCUT2D eigenvalue weighted by molar-refractivity contribution is 7.89. The van der Waals surface area contributed by atoms with E-state index in [2.05, 4.69) is 0 Å². The van der Waals surface area contributed by atoms with Crippen molar-refractivity contribution in [2.24, 2.45) is 0 Å².